The van der Waals surface area contributed by atoms with Gasteiger partial charge in [-0.15, -0.1) is 0 Å². The lowest BCUT2D eigenvalue weighted by Gasteiger charge is -2.45. The van der Waals surface area contributed by atoms with E-state index in [1.165, 1.54) is 38.5 Å². The van der Waals surface area contributed by atoms with Gasteiger partial charge < -0.3 is 9.64 Å². The Bertz CT molecular complexity index is 322. The molecule has 1 atom stereocenters. The van der Waals surface area contributed by atoms with E-state index in [0.29, 0.717) is 0 Å². The lowest BCUT2D eigenvalue weighted by atomic mass is 9.84. The average molecular weight is 297 g/mol. The minimum atomic E-state index is -0.406. The van der Waals surface area contributed by atoms with Crippen molar-refractivity contribution in [3.63, 3.8) is 0 Å². The van der Waals surface area contributed by atoms with Crippen molar-refractivity contribution in [2.75, 3.05) is 6.54 Å². The molecule has 1 amide bonds. The van der Waals surface area contributed by atoms with E-state index < -0.39 is 5.60 Å². The largest absolute Gasteiger partial charge is 0.444 e. The van der Waals surface area contributed by atoms with Gasteiger partial charge in [0.15, 0.2) is 0 Å². The summed E-state index contributed by atoms with van der Waals surface area (Å²) in [6.45, 7) is 11.2. The summed E-state index contributed by atoms with van der Waals surface area (Å²) in [6, 6.07) is 0. The first-order valence-electron chi connectivity index (χ1n) is 8.79. The molecule has 1 unspecified atom stereocenters. The number of ether oxygens (including phenoxy) is 1. The molecule has 3 heteroatoms. The van der Waals surface area contributed by atoms with Gasteiger partial charge in [0, 0.05) is 12.1 Å². The lowest BCUT2D eigenvalue weighted by Crippen LogP contribution is -2.53. The number of rotatable bonds is 6. The highest BCUT2D eigenvalue weighted by Crippen LogP contribution is 2.34. The molecule has 124 valence electrons. The summed E-state index contributed by atoms with van der Waals surface area (Å²) in [6.07, 6.45) is 10.8. The van der Waals surface area contributed by atoms with Gasteiger partial charge in [-0.25, -0.2) is 4.79 Å². The lowest BCUT2D eigenvalue weighted by molar-refractivity contribution is -0.0138. The molecule has 0 aromatic heterocycles. The molecule has 1 fully saturated rings. The fraction of sp³-hybridized carbons (Fsp3) is 0.944. The van der Waals surface area contributed by atoms with E-state index >= 15 is 0 Å². The second kappa shape index (κ2) is 8.05. The molecule has 0 bridgehead atoms. The summed E-state index contributed by atoms with van der Waals surface area (Å²) in [5.74, 6) is 0. The van der Waals surface area contributed by atoms with Crippen LogP contribution in [0.1, 0.15) is 92.4 Å². The SMILES string of the molecule is CCCCCCCC1(C)CCCCN1C(=O)OC(C)(C)C. The van der Waals surface area contributed by atoms with Gasteiger partial charge in [0.2, 0.25) is 0 Å². The van der Waals surface area contributed by atoms with Gasteiger partial charge in [-0.1, -0.05) is 39.0 Å². The first-order valence-corrected chi connectivity index (χ1v) is 8.79. The van der Waals surface area contributed by atoms with Crippen LogP contribution in [0.4, 0.5) is 4.79 Å². The quantitative estimate of drug-likeness (QED) is 0.603. The Kier molecular flexibility index (Phi) is 7.02. The van der Waals surface area contributed by atoms with Crippen molar-refractivity contribution < 1.29 is 9.53 Å². The highest BCUT2D eigenvalue weighted by atomic mass is 16.6. The molecule has 3 nitrogen and oxygen atoms in total. The number of carbonyl (C=O) groups excluding carboxylic acids is 1. The normalized spacial score (nSPS) is 23.2. The summed E-state index contributed by atoms with van der Waals surface area (Å²) in [5, 5.41) is 0. The molecule has 1 aliphatic heterocycles. The molecular formula is C18H35NO2. The average Bonchev–Trinajstić information content (AvgIpc) is 2.36. The second-order valence-electron chi connectivity index (χ2n) is 7.75. The number of likely N-dealkylation sites (tertiary alicyclic amines) is 1. The van der Waals surface area contributed by atoms with Crippen LogP contribution in [0.25, 0.3) is 0 Å². The Morgan fingerprint density at radius 3 is 2.43 bits per heavy atom. The summed E-state index contributed by atoms with van der Waals surface area (Å²) < 4.78 is 5.60. The Hall–Kier alpha value is -0.730. The zero-order chi connectivity index (χ0) is 15.9. The maximum absolute atomic E-state index is 12.5. The molecule has 0 N–H and O–H groups in total. The van der Waals surface area contributed by atoms with Crippen molar-refractivity contribution in [3.05, 3.63) is 0 Å². The zero-order valence-electron chi connectivity index (χ0n) is 14.8. The molecule has 1 heterocycles. The first-order chi connectivity index (χ1) is 9.78. The molecule has 0 aromatic carbocycles. The molecule has 0 saturated carbocycles. The van der Waals surface area contributed by atoms with Crippen LogP contribution in [0.2, 0.25) is 0 Å². The second-order valence-corrected chi connectivity index (χ2v) is 7.75. The third kappa shape index (κ3) is 6.27. The molecule has 1 rings (SSSR count). The van der Waals surface area contributed by atoms with Crippen LogP contribution in [0, 0.1) is 0 Å². The van der Waals surface area contributed by atoms with Gasteiger partial charge in [0.25, 0.3) is 0 Å². The van der Waals surface area contributed by atoms with E-state index in [1.807, 2.05) is 25.7 Å². The number of nitrogens with zero attached hydrogens (tertiary/aromatic N) is 1. The Labute approximate surface area is 131 Å². The van der Waals surface area contributed by atoms with Crippen molar-refractivity contribution >= 4 is 6.09 Å². The van der Waals surface area contributed by atoms with Gasteiger partial charge in [-0.05, 0) is 53.4 Å². The van der Waals surface area contributed by atoms with Crippen LogP contribution in [0.5, 0.6) is 0 Å². The molecular weight excluding hydrogens is 262 g/mol. The van der Waals surface area contributed by atoms with Crippen LogP contribution in [-0.4, -0.2) is 28.7 Å². The third-order valence-corrected chi connectivity index (χ3v) is 4.43. The van der Waals surface area contributed by atoms with Gasteiger partial charge in [-0.3, -0.25) is 0 Å². The van der Waals surface area contributed by atoms with Crippen molar-refractivity contribution in [2.24, 2.45) is 0 Å². The van der Waals surface area contributed by atoms with E-state index in [1.54, 1.807) is 0 Å². The van der Waals surface area contributed by atoms with E-state index in [4.69, 9.17) is 4.74 Å². The molecule has 0 aliphatic carbocycles. The smallest absolute Gasteiger partial charge is 0.410 e. The minimum absolute atomic E-state index is 0.00714. The van der Waals surface area contributed by atoms with Crippen molar-refractivity contribution in [3.8, 4) is 0 Å². The van der Waals surface area contributed by atoms with Crippen molar-refractivity contribution in [1.29, 1.82) is 0 Å². The van der Waals surface area contributed by atoms with Gasteiger partial charge in [-0.2, -0.15) is 0 Å². The highest BCUT2D eigenvalue weighted by molar-refractivity contribution is 5.69. The number of unbranched alkanes of at least 4 members (excludes halogenated alkanes) is 4. The van der Waals surface area contributed by atoms with Gasteiger partial charge >= 0.3 is 6.09 Å². The van der Waals surface area contributed by atoms with Crippen LogP contribution >= 0.6 is 0 Å². The van der Waals surface area contributed by atoms with Crippen LogP contribution in [0.15, 0.2) is 0 Å². The third-order valence-electron chi connectivity index (χ3n) is 4.43. The molecule has 0 radical (unpaired) electrons. The van der Waals surface area contributed by atoms with Crippen LogP contribution in [0.3, 0.4) is 0 Å². The molecule has 0 aromatic rings. The first kappa shape index (κ1) is 18.3. The number of hydrogen-bond acceptors (Lipinski definition) is 2. The standard InChI is InChI=1S/C18H35NO2/c1-6-7-8-9-10-13-18(5)14-11-12-15-19(18)16(20)21-17(2,3)4/h6-15H2,1-5H3. The predicted octanol–water partition coefficient (Wildman–Crippen LogP) is 5.53. The maximum atomic E-state index is 12.5. The summed E-state index contributed by atoms with van der Waals surface area (Å²) >= 11 is 0. The topological polar surface area (TPSA) is 29.5 Å². The summed E-state index contributed by atoms with van der Waals surface area (Å²) in [5.41, 5.74) is -0.413. The number of piperidine rings is 1. The number of hydrogen-bond donors (Lipinski definition) is 0. The predicted molar refractivity (Wildman–Crippen MR) is 88.6 cm³/mol. The Balaban J connectivity index is 2.56. The van der Waals surface area contributed by atoms with E-state index in [-0.39, 0.29) is 11.6 Å². The molecule has 21 heavy (non-hydrogen) atoms. The monoisotopic (exact) mass is 297 g/mol. The zero-order valence-corrected chi connectivity index (χ0v) is 14.8. The van der Waals surface area contributed by atoms with Crippen LogP contribution < -0.4 is 0 Å². The summed E-state index contributed by atoms with van der Waals surface area (Å²) in [4.78, 5) is 14.5. The molecule has 1 saturated heterocycles. The highest BCUT2D eigenvalue weighted by Gasteiger charge is 2.38. The summed E-state index contributed by atoms with van der Waals surface area (Å²) in [7, 11) is 0. The molecule has 0 spiro atoms. The number of amides is 1. The fourth-order valence-corrected chi connectivity index (χ4v) is 3.18. The van der Waals surface area contributed by atoms with E-state index in [2.05, 4.69) is 13.8 Å². The number of carbonyl (C=O) groups is 1. The Morgan fingerprint density at radius 1 is 1.14 bits per heavy atom. The minimum Gasteiger partial charge on any atom is -0.444 e. The maximum Gasteiger partial charge on any atom is 0.410 e. The van der Waals surface area contributed by atoms with Crippen LogP contribution in [-0.2, 0) is 4.74 Å². The van der Waals surface area contributed by atoms with Crippen molar-refractivity contribution in [2.45, 2.75) is 104 Å². The Morgan fingerprint density at radius 2 is 1.81 bits per heavy atom. The van der Waals surface area contributed by atoms with E-state index in [0.717, 1.165) is 25.8 Å². The van der Waals surface area contributed by atoms with E-state index in [9.17, 15) is 4.79 Å². The molecule has 1 aliphatic rings. The van der Waals surface area contributed by atoms with Gasteiger partial charge in [0.1, 0.15) is 5.60 Å². The van der Waals surface area contributed by atoms with Crippen molar-refractivity contribution in [1.82, 2.24) is 4.90 Å². The van der Waals surface area contributed by atoms with Gasteiger partial charge in [0.05, 0.1) is 0 Å². The fourth-order valence-electron chi connectivity index (χ4n) is 3.18.